The van der Waals surface area contributed by atoms with Crippen LogP contribution < -0.4 is 0 Å². The summed E-state index contributed by atoms with van der Waals surface area (Å²) in [6, 6.07) is 4.50. The Morgan fingerprint density at radius 1 is 1.32 bits per heavy atom. The SMILES string of the molecule is Cc1cccn2cc(CC(=O)N3CC(C)C(N4CCOCC4)C3)nc12. The number of rotatable bonds is 3. The Hall–Kier alpha value is -1.92. The monoisotopic (exact) mass is 342 g/mol. The number of fused-ring (bicyclic) bond motifs is 1. The topological polar surface area (TPSA) is 50.1 Å². The molecule has 2 aromatic rings. The quantitative estimate of drug-likeness (QED) is 0.845. The molecule has 2 aliphatic heterocycles. The number of amides is 1. The Kier molecular flexibility index (Phi) is 4.48. The van der Waals surface area contributed by atoms with Gasteiger partial charge in [0.2, 0.25) is 5.91 Å². The molecule has 2 aliphatic rings. The van der Waals surface area contributed by atoms with E-state index in [0.717, 1.165) is 56.3 Å². The van der Waals surface area contributed by atoms with Gasteiger partial charge in [0.05, 0.1) is 25.3 Å². The number of nitrogens with zero attached hydrogens (tertiary/aromatic N) is 4. The molecular weight excluding hydrogens is 316 g/mol. The van der Waals surface area contributed by atoms with E-state index in [-0.39, 0.29) is 5.91 Å². The van der Waals surface area contributed by atoms with E-state index in [9.17, 15) is 4.79 Å². The van der Waals surface area contributed by atoms with Crippen molar-refractivity contribution in [1.82, 2.24) is 19.2 Å². The lowest BCUT2D eigenvalue weighted by Gasteiger charge is -2.33. The third kappa shape index (κ3) is 3.28. The molecule has 134 valence electrons. The Morgan fingerprint density at radius 3 is 2.88 bits per heavy atom. The van der Waals surface area contributed by atoms with E-state index in [1.54, 1.807) is 0 Å². The number of ether oxygens (including phenoxy) is 1. The highest BCUT2D eigenvalue weighted by Crippen LogP contribution is 2.23. The molecule has 0 bridgehead atoms. The van der Waals surface area contributed by atoms with Crippen LogP contribution in [-0.4, -0.2) is 70.5 Å². The molecule has 2 atom stereocenters. The first kappa shape index (κ1) is 16.5. The third-order valence-corrected chi connectivity index (χ3v) is 5.50. The first-order valence-corrected chi connectivity index (χ1v) is 9.14. The van der Waals surface area contributed by atoms with Crippen LogP contribution in [0.4, 0.5) is 0 Å². The average Bonchev–Trinajstić information content (AvgIpc) is 3.20. The van der Waals surface area contributed by atoms with E-state index in [2.05, 4.69) is 16.8 Å². The largest absolute Gasteiger partial charge is 0.379 e. The van der Waals surface area contributed by atoms with Gasteiger partial charge >= 0.3 is 0 Å². The summed E-state index contributed by atoms with van der Waals surface area (Å²) in [7, 11) is 0. The molecule has 2 aromatic heterocycles. The maximum Gasteiger partial charge on any atom is 0.228 e. The summed E-state index contributed by atoms with van der Waals surface area (Å²) in [5.41, 5.74) is 2.91. The number of hydrogen-bond acceptors (Lipinski definition) is 4. The fraction of sp³-hybridized carbons (Fsp3) is 0.579. The maximum absolute atomic E-state index is 12.8. The van der Waals surface area contributed by atoms with Crippen LogP contribution in [0.5, 0.6) is 0 Å². The summed E-state index contributed by atoms with van der Waals surface area (Å²) < 4.78 is 7.45. The van der Waals surface area contributed by atoms with Crippen molar-refractivity contribution in [3.05, 3.63) is 35.8 Å². The third-order valence-electron chi connectivity index (χ3n) is 5.50. The molecule has 1 amide bonds. The molecule has 4 rings (SSSR count). The minimum absolute atomic E-state index is 0.184. The summed E-state index contributed by atoms with van der Waals surface area (Å²) in [5, 5.41) is 0. The second-order valence-electron chi connectivity index (χ2n) is 7.32. The molecule has 2 saturated heterocycles. The number of carbonyl (C=O) groups is 1. The minimum atomic E-state index is 0.184. The molecule has 0 radical (unpaired) electrons. The van der Waals surface area contributed by atoms with Crippen LogP contribution in [0.25, 0.3) is 5.65 Å². The van der Waals surface area contributed by atoms with Crippen molar-refractivity contribution in [2.24, 2.45) is 5.92 Å². The summed E-state index contributed by atoms with van der Waals surface area (Å²) in [5.74, 6) is 0.689. The molecule has 0 aromatic carbocycles. The van der Waals surface area contributed by atoms with Crippen LogP contribution in [0.15, 0.2) is 24.5 Å². The Morgan fingerprint density at radius 2 is 2.12 bits per heavy atom. The summed E-state index contributed by atoms with van der Waals surface area (Å²) in [6.07, 6.45) is 4.33. The number of carbonyl (C=O) groups excluding carboxylic acids is 1. The van der Waals surface area contributed by atoms with E-state index < -0.39 is 0 Å². The van der Waals surface area contributed by atoms with Crippen molar-refractivity contribution >= 4 is 11.6 Å². The minimum Gasteiger partial charge on any atom is -0.379 e. The Labute approximate surface area is 148 Å². The molecule has 6 nitrogen and oxygen atoms in total. The lowest BCUT2D eigenvalue weighted by molar-refractivity contribution is -0.129. The predicted molar refractivity (Wildman–Crippen MR) is 95.6 cm³/mol. The molecule has 2 unspecified atom stereocenters. The molecule has 6 heteroatoms. The van der Waals surface area contributed by atoms with E-state index >= 15 is 0 Å². The maximum atomic E-state index is 12.8. The van der Waals surface area contributed by atoms with Crippen molar-refractivity contribution in [2.75, 3.05) is 39.4 Å². The second kappa shape index (κ2) is 6.77. The molecule has 0 N–H and O–H groups in total. The van der Waals surface area contributed by atoms with Crippen molar-refractivity contribution < 1.29 is 9.53 Å². The highest BCUT2D eigenvalue weighted by Gasteiger charge is 2.36. The smallest absolute Gasteiger partial charge is 0.228 e. The molecule has 0 saturated carbocycles. The molecule has 2 fully saturated rings. The number of likely N-dealkylation sites (tertiary alicyclic amines) is 1. The van der Waals surface area contributed by atoms with Gasteiger partial charge in [-0.15, -0.1) is 0 Å². The fourth-order valence-corrected chi connectivity index (χ4v) is 4.09. The van der Waals surface area contributed by atoms with Crippen LogP contribution in [0, 0.1) is 12.8 Å². The fourth-order valence-electron chi connectivity index (χ4n) is 4.09. The van der Waals surface area contributed by atoms with Gasteiger partial charge in [0, 0.05) is 44.6 Å². The normalized spacial score (nSPS) is 25.0. The van der Waals surface area contributed by atoms with Crippen LogP contribution in [0.3, 0.4) is 0 Å². The lowest BCUT2D eigenvalue weighted by atomic mass is 10.0. The Bertz CT molecular complexity index is 766. The van der Waals surface area contributed by atoms with E-state index in [4.69, 9.17) is 4.74 Å². The van der Waals surface area contributed by atoms with Gasteiger partial charge in [-0.1, -0.05) is 13.0 Å². The molecule has 0 aliphatic carbocycles. The van der Waals surface area contributed by atoms with Crippen LogP contribution in [0.1, 0.15) is 18.2 Å². The molecule has 25 heavy (non-hydrogen) atoms. The zero-order valence-corrected chi connectivity index (χ0v) is 15.0. The van der Waals surface area contributed by atoms with Crippen molar-refractivity contribution in [3.63, 3.8) is 0 Å². The van der Waals surface area contributed by atoms with Gasteiger partial charge in [0.1, 0.15) is 5.65 Å². The summed E-state index contributed by atoms with van der Waals surface area (Å²) in [6.45, 7) is 9.52. The summed E-state index contributed by atoms with van der Waals surface area (Å²) >= 11 is 0. The van der Waals surface area contributed by atoms with E-state index in [1.165, 1.54) is 0 Å². The predicted octanol–water partition coefficient (Wildman–Crippen LogP) is 1.36. The van der Waals surface area contributed by atoms with Crippen LogP contribution in [0.2, 0.25) is 0 Å². The number of morpholine rings is 1. The first-order chi connectivity index (χ1) is 12.1. The zero-order chi connectivity index (χ0) is 17.4. The van der Waals surface area contributed by atoms with Crippen LogP contribution in [-0.2, 0) is 16.0 Å². The zero-order valence-electron chi connectivity index (χ0n) is 15.0. The van der Waals surface area contributed by atoms with Crippen molar-refractivity contribution in [3.8, 4) is 0 Å². The molecule has 0 spiro atoms. The highest BCUT2D eigenvalue weighted by atomic mass is 16.5. The molecular formula is C19H26N4O2. The second-order valence-corrected chi connectivity index (χ2v) is 7.32. The number of pyridine rings is 1. The van der Waals surface area contributed by atoms with Crippen molar-refractivity contribution in [2.45, 2.75) is 26.3 Å². The van der Waals surface area contributed by atoms with Crippen molar-refractivity contribution in [1.29, 1.82) is 0 Å². The lowest BCUT2D eigenvalue weighted by Crippen LogP contribution is -2.47. The number of hydrogen-bond donors (Lipinski definition) is 0. The van der Waals surface area contributed by atoms with Crippen LogP contribution >= 0.6 is 0 Å². The van der Waals surface area contributed by atoms with Gasteiger partial charge < -0.3 is 14.0 Å². The first-order valence-electron chi connectivity index (χ1n) is 9.14. The molecule has 4 heterocycles. The van der Waals surface area contributed by atoms with Gasteiger partial charge in [-0.25, -0.2) is 4.98 Å². The Balaban J connectivity index is 1.43. The average molecular weight is 342 g/mol. The van der Waals surface area contributed by atoms with Gasteiger partial charge in [0.25, 0.3) is 0 Å². The number of aromatic nitrogens is 2. The number of aryl methyl sites for hydroxylation is 1. The number of imidazole rings is 1. The van der Waals surface area contributed by atoms with E-state index in [0.29, 0.717) is 18.4 Å². The summed E-state index contributed by atoms with van der Waals surface area (Å²) in [4.78, 5) is 21.9. The van der Waals surface area contributed by atoms with Gasteiger partial charge in [-0.05, 0) is 24.5 Å². The van der Waals surface area contributed by atoms with Gasteiger partial charge in [-0.3, -0.25) is 9.69 Å². The van der Waals surface area contributed by atoms with Gasteiger partial charge in [-0.2, -0.15) is 0 Å². The van der Waals surface area contributed by atoms with E-state index in [1.807, 2.05) is 40.8 Å². The standard InChI is InChI=1S/C19H26N4O2/c1-14-4-3-5-22-12-16(20-19(14)22)10-18(24)23-11-15(2)17(13-23)21-6-8-25-9-7-21/h3-5,12,15,17H,6-11,13H2,1-2H3. The van der Waals surface area contributed by atoms with Gasteiger partial charge in [0.15, 0.2) is 0 Å². The highest BCUT2D eigenvalue weighted by molar-refractivity contribution is 5.79.